The Morgan fingerprint density at radius 3 is 2.16 bits per heavy atom. The SMILES string of the molecule is CC.CN(C)C=O.Cc1ccc(-c2cnc(N)c(C(=O)NN)n2)cc1. The number of hydrogen-bond donors (Lipinski definition) is 3. The number of amides is 2. The van der Waals surface area contributed by atoms with Gasteiger partial charge in [-0.05, 0) is 6.92 Å². The third-order valence-electron chi connectivity index (χ3n) is 2.71. The smallest absolute Gasteiger partial charge is 0.287 e. The van der Waals surface area contributed by atoms with Gasteiger partial charge < -0.3 is 10.6 Å². The van der Waals surface area contributed by atoms with E-state index in [1.54, 1.807) is 14.1 Å². The van der Waals surface area contributed by atoms with Gasteiger partial charge in [0.1, 0.15) is 0 Å². The van der Waals surface area contributed by atoms with E-state index in [1.807, 2.05) is 50.5 Å². The van der Waals surface area contributed by atoms with Crippen molar-refractivity contribution in [2.45, 2.75) is 20.8 Å². The maximum atomic E-state index is 11.5. The minimum Gasteiger partial charge on any atom is -0.382 e. The van der Waals surface area contributed by atoms with Crippen LogP contribution in [-0.4, -0.2) is 41.3 Å². The van der Waals surface area contributed by atoms with Gasteiger partial charge in [-0.2, -0.15) is 0 Å². The highest BCUT2D eigenvalue weighted by molar-refractivity contribution is 5.96. The van der Waals surface area contributed by atoms with Gasteiger partial charge in [-0.15, -0.1) is 0 Å². The summed E-state index contributed by atoms with van der Waals surface area (Å²) in [5.41, 5.74) is 10.2. The molecule has 0 aliphatic carbocycles. The lowest BCUT2D eigenvalue weighted by molar-refractivity contribution is -0.115. The lowest BCUT2D eigenvalue weighted by atomic mass is 10.1. The van der Waals surface area contributed by atoms with Gasteiger partial charge in [0.2, 0.25) is 6.41 Å². The molecule has 2 amide bonds. The number of anilines is 1. The molecule has 0 aliphatic rings. The van der Waals surface area contributed by atoms with Crippen LogP contribution in [0.3, 0.4) is 0 Å². The van der Waals surface area contributed by atoms with Crippen LogP contribution >= 0.6 is 0 Å². The first-order chi connectivity index (χ1) is 11.9. The molecule has 8 heteroatoms. The molecule has 0 atom stereocenters. The van der Waals surface area contributed by atoms with E-state index in [2.05, 4.69) is 9.97 Å². The third kappa shape index (κ3) is 7.40. The van der Waals surface area contributed by atoms with Crippen molar-refractivity contribution >= 4 is 18.1 Å². The lowest BCUT2D eigenvalue weighted by Crippen LogP contribution is -2.31. The second kappa shape index (κ2) is 11.5. The molecular weight excluding hydrogens is 320 g/mol. The number of hydrogen-bond acceptors (Lipinski definition) is 6. The summed E-state index contributed by atoms with van der Waals surface area (Å²) in [5, 5.41) is 0. The average molecular weight is 346 g/mol. The number of rotatable bonds is 3. The second-order valence-electron chi connectivity index (χ2n) is 4.90. The summed E-state index contributed by atoms with van der Waals surface area (Å²) in [6.07, 6.45) is 2.27. The molecule has 0 saturated carbocycles. The zero-order valence-electron chi connectivity index (χ0n) is 15.3. The molecule has 0 saturated heterocycles. The highest BCUT2D eigenvalue weighted by atomic mass is 16.2. The van der Waals surface area contributed by atoms with Crippen LogP contribution in [0.15, 0.2) is 30.5 Å². The molecule has 2 rings (SSSR count). The van der Waals surface area contributed by atoms with Crippen LogP contribution in [0.1, 0.15) is 29.9 Å². The van der Waals surface area contributed by atoms with Gasteiger partial charge in [-0.1, -0.05) is 43.7 Å². The number of nitrogens with two attached hydrogens (primary N) is 2. The third-order valence-corrected chi connectivity index (χ3v) is 2.71. The number of nitrogens with one attached hydrogen (secondary N) is 1. The fraction of sp³-hybridized carbons (Fsp3) is 0.294. The standard InChI is InChI=1S/C12H13N5O.C3H7NO.C2H6/c1-7-2-4-8(5-3-7)9-6-15-11(13)10(16-9)12(18)17-14;1-4(2)3-5;1-2/h2-6H,14H2,1H3,(H2,13,15)(H,17,18);3H,1-2H3;1-2H3. The largest absolute Gasteiger partial charge is 0.382 e. The minimum absolute atomic E-state index is 0.0237. The van der Waals surface area contributed by atoms with Crippen LogP contribution in [0.5, 0.6) is 0 Å². The van der Waals surface area contributed by atoms with Crippen LogP contribution in [-0.2, 0) is 4.79 Å². The van der Waals surface area contributed by atoms with Crippen LogP contribution in [0.25, 0.3) is 11.3 Å². The van der Waals surface area contributed by atoms with Crippen molar-refractivity contribution in [3.8, 4) is 11.3 Å². The number of carbonyl (C=O) groups excluding carboxylic acids is 2. The zero-order valence-corrected chi connectivity index (χ0v) is 15.3. The van der Waals surface area contributed by atoms with Gasteiger partial charge in [-0.3, -0.25) is 15.0 Å². The maximum absolute atomic E-state index is 11.5. The Labute approximate surface area is 148 Å². The van der Waals surface area contributed by atoms with Crippen molar-refractivity contribution in [3.63, 3.8) is 0 Å². The summed E-state index contributed by atoms with van der Waals surface area (Å²) < 4.78 is 0. The first-order valence-corrected chi connectivity index (χ1v) is 7.71. The van der Waals surface area contributed by atoms with E-state index in [4.69, 9.17) is 11.6 Å². The Bertz CT molecular complexity index is 671. The van der Waals surface area contributed by atoms with E-state index < -0.39 is 5.91 Å². The van der Waals surface area contributed by atoms with E-state index in [1.165, 1.54) is 11.1 Å². The molecule has 0 spiro atoms. The van der Waals surface area contributed by atoms with E-state index in [0.717, 1.165) is 17.5 Å². The number of aryl methyl sites for hydroxylation is 1. The fourth-order valence-corrected chi connectivity index (χ4v) is 1.50. The van der Waals surface area contributed by atoms with Crippen LogP contribution < -0.4 is 17.0 Å². The van der Waals surface area contributed by atoms with Gasteiger partial charge in [-0.25, -0.2) is 15.8 Å². The van der Waals surface area contributed by atoms with Crippen LogP contribution in [0, 0.1) is 6.92 Å². The van der Waals surface area contributed by atoms with Gasteiger partial charge in [0.15, 0.2) is 11.5 Å². The highest BCUT2D eigenvalue weighted by Gasteiger charge is 2.13. The summed E-state index contributed by atoms with van der Waals surface area (Å²) >= 11 is 0. The molecule has 2 aromatic rings. The van der Waals surface area contributed by atoms with Crippen molar-refractivity contribution in [3.05, 3.63) is 41.7 Å². The lowest BCUT2D eigenvalue weighted by Gasteiger charge is -2.06. The molecule has 0 aliphatic heterocycles. The number of nitrogens with zero attached hydrogens (tertiary/aromatic N) is 3. The minimum atomic E-state index is -0.561. The highest BCUT2D eigenvalue weighted by Crippen LogP contribution is 2.18. The first kappa shape index (κ1) is 22.0. The Balaban J connectivity index is 0.000000710. The number of benzene rings is 1. The maximum Gasteiger partial charge on any atom is 0.287 e. The summed E-state index contributed by atoms with van der Waals surface area (Å²) in [7, 11) is 3.38. The van der Waals surface area contributed by atoms with Crippen molar-refractivity contribution in [1.82, 2.24) is 20.3 Å². The van der Waals surface area contributed by atoms with E-state index in [0.29, 0.717) is 5.69 Å². The molecule has 8 nitrogen and oxygen atoms in total. The first-order valence-electron chi connectivity index (χ1n) is 7.71. The molecular formula is C17H26N6O2. The fourth-order valence-electron chi connectivity index (χ4n) is 1.50. The van der Waals surface area contributed by atoms with Gasteiger partial charge in [0, 0.05) is 19.7 Å². The Morgan fingerprint density at radius 2 is 1.72 bits per heavy atom. The Hall–Kier alpha value is -3.00. The number of nitrogen functional groups attached to an aromatic ring is 2. The Morgan fingerprint density at radius 1 is 1.20 bits per heavy atom. The topological polar surface area (TPSA) is 127 Å². The normalized spacial score (nSPS) is 8.88. The summed E-state index contributed by atoms with van der Waals surface area (Å²) in [4.78, 5) is 30.4. The molecule has 0 unspecified atom stereocenters. The quantitative estimate of drug-likeness (QED) is 0.333. The molecule has 1 aromatic heterocycles. The van der Waals surface area contributed by atoms with Crippen molar-refractivity contribution in [2.24, 2.45) is 5.84 Å². The van der Waals surface area contributed by atoms with Crippen molar-refractivity contribution < 1.29 is 9.59 Å². The molecule has 0 radical (unpaired) electrons. The average Bonchev–Trinajstić information content (AvgIpc) is 2.64. The second-order valence-corrected chi connectivity index (χ2v) is 4.90. The molecule has 136 valence electrons. The van der Waals surface area contributed by atoms with Crippen molar-refractivity contribution in [2.75, 3.05) is 19.8 Å². The molecule has 0 fully saturated rings. The Kier molecular flexibility index (Phi) is 10.1. The molecule has 1 heterocycles. The molecule has 25 heavy (non-hydrogen) atoms. The van der Waals surface area contributed by atoms with Gasteiger partial charge >= 0.3 is 0 Å². The van der Waals surface area contributed by atoms with Crippen LogP contribution in [0.4, 0.5) is 5.82 Å². The molecule has 5 N–H and O–H groups in total. The van der Waals surface area contributed by atoms with Crippen LogP contribution in [0.2, 0.25) is 0 Å². The van der Waals surface area contributed by atoms with E-state index in [-0.39, 0.29) is 11.5 Å². The van der Waals surface area contributed by atoms with E-state index >= 15 is 0 Å². The van der Waals surface area contributed by atoms with Gasteiger partial charge in [0.25, 0.3) is 5.91 Å². The van der Waals surface area contributed by atoms with Crippen molar-refractivity contribution in [1.29, 1.82) is 0 Å². The van der Waals surface area contributed by atoms with Gasteiger partial charge in [0.05, 0.1) is 11.9 Å². The molecule has 0 bridgehead atoms. The predicted molar refractivity (Wildman–Crippen MR) is 99.4 cm³/mol. The summed E-state index contributed by atoms with van der Waals surface area (Å²) in [5.74, 6) is 4.55. The molecule has 1 aromatic carbocycles. The number of hydrazine groups is 1. The zero-order chi connectivity index (χ0) is 19.4. The number of aromatic nitrogens is 2. The number of carbonyl (C=O) groups is 2. The summed E-state index contributed by atoms with van der Waals surface area (Å²) in [6.45, 7) is 5.99. The monoisotopic (exact) mass is 346 g/mol. The summed E-state index contributed by atoms with van der Waals surface area (Å²) in [6, 6.07) is 7.71. The van der Waals surface area contributed by atoms with E-state index in [9.17, 15) is 9.59 Å². The predicted octanol–water partition coefficient (Wildman–Crippen LogP) is 1.37.